The maximum Gasteiger partial charge on any atom is 0.328 e. The third-order valence-corrected chi connectivity index (χ3v) is 6.11. The molecule has 3 aromatic carbocycles. The molecular weight excluding hydrogens is 487 g/mol. The summed E-state index contributed by atoms with van der Waals surface area (Å²) in [5, 5.41) is 6.91. The molecule has 0 saturated carbocycles. The van der Waals surface area contributed by atoms with Crippen molar-refractivity contribution in [2.75, 3.05) is 16.1 Å². The lowest BCUT2D eigenvalue weighted by Gasteiger charge is -2.13. The molecule has 0 aliphatic heterocycles. The summed E-state index contributed by atoms with van der Waals surface area (Å²) in [6.45, 7) is 3.88. The van der Waals surface area contributed by atoms with E-state index in [2.05, 4.69) is 16.1 Å². The Morgan fingerprint density at radius 2 is 1.54 bits per heavy atom. The Kier molecular flexibility index (Phi) is 7.10. The lowest BCUT2D eigenvalue weighted by atomic mass is 10.1. The Bertz CT molecular complexity index is 1450. The third kappa shape index (κ3) is 5.48. The van der Waals surface area contributed by atoms with Gasteiger partial charge in [0.1, 0.15) is 5.69 Å². The number of aryl methyl sites for hydroxylation is 2. The van der Waals surface area contributed by atoms with Crippen molar-refractivity contribution in [1.29, 1.82) is 0 Å². The van der Waals surface area contributed by atoms with Gasteiger partial charge in [-0.3, -0.25) is 19.8 Å². The molecule has 35 heavy (non-hydrogen) atoms. The number of nitrogens with one attached hydrogen (secondary N) is 3. The number of carbonyl (C=O) groups is 3. The summed E-state index contributed by atoms with van der Waals surface area (Å²) in [4.78, 5) is 38.4. The average Bonchev–Trinajstić information content (AvgIpc) is 3.19. The topological polar surface area (TPSA) is 92.2 Å². The Morgan fingerprint density at radius 1 is 0.829 bits per heavy atom. The van der Waals surface area contributed by atoms with Gasteiger partial charge >= 0.3 is 11.8 Å². The van der Waals surface area contributed by atoms with Crippen LogP contribution in [0, 0.1) is 6.92 Å². The molecule has 7 nitrogen and oxygen atoms in total. The highest BCUT2D eigenvalue weighted by atomic mass is 35.5. The zero-order chi connectivity index (χ0) is 25.1. The average molecular weight is 509 g/mol. The fourth-order valence-corrected chi connectivity index (χ4v) is 3.86. The summed E-state index contributed by atoms with van der Waals surface area (Å²) in [7, 11) is 0. The first kappa shape index (κ1) is 24.3. The second kappa shape index (κ2) is 10.2. The van der Waals surface area contributed by atoms with Crippen molar-refractivity contribution in [2.24, 2.45) is 0 Å². The van der Waals surface area contributed by atoms with Gasteiger partial charge in [-0.2, -0.15) is 0 Å². The molecular formula is C26H22Cl2N4O3. The van der Waals surface area contributed by atoms with Gasteiger partial charge in [-0.15, -0.1) is 0 Å². The van der Waals surface area contributed by atoms with E-state index in [1.807, 2.05) is 26.0 Å². The van der Waals surface area contributed by atoms with E-state index in [9.17, 15) is 14.4 Å². The molecule has 0 aliphatic carbocycles. The minimum absolute atomic E-state index is 0.104. The summed E-state index contributed by atoms with van der Waals surface area (Å²) < 4.78 is 1.26. The first-order valence-corrected chi connectivity index (χ1v) is 11.6. The van der Waals surface area contributed by atoms with Crippen LogP contribution in [0.3, 0.4) is 0 Å². The molecule has 178 valence electrons. The number of nitrogens with zero attached hydrogens (tertiary/aromatic N) is 1. The van der Waals surface area contributed by atoms with Crippen molar-refractivity contribution in [3.63, 3.8) is 0 Å². The van der Waals surface area contributed by atoms with Gasteiger partial charge in [0.15, 0.2) is 0 Å². The van der Waals surface area contributed by atoms with Crippen LogP contribution in [-0.2, 0) is 16.0 Å². The van der Waals surface area contributed by atoms with E-state index in [-0.39, 0.29) is 5.69 Å². The van der Waals surface area contributed by atoms with Gasteiger partial charge in [-0.25, -0.2) is 4.68 Å². The van der Waals surface area contributed by atoms with Crippen LogP contribution < -0.4 is 16.1 Å². The van der Waals surface area contributed by atoms with E-state index in [0.717, 1.165) is 17.5 Å². The molecule has 4 aromatic rings. The zero-order valence-electron chi connectivity index (χ0n) is 19.0. The van der Waals surface area contributed by atoms with Gasteiger partial charge in [-0.1, -0.05) is 48.3 Å². The summed E-state index contributed by atoms with van der Waals surface area (Å²) in [5.41, 5.74) is 6.07. The Balaban J connectivity index is 1.60. The number of anilines is 2. The van der Waals surface area contributed by atoms with Crippen LogP contribution in [0.15, 0.2) is 66.7 Å². The van der Waals surface area contributed by atoms with Gasteiger partial charge in [0.05, 0.1) is 5.52 Å². The quantitative estimate of drug-likeness (QED) is 0.298. The maximum atomic E-state index is 13.1. The summed E-state index contributed by atoms with van der Waals surface area (Å²) in [6.07, 6.45) is 0.860. The van der Waals surface area contributed by atoms with Gasteiger partial charge in [0.2, 0.25) is 0 Å². The highest BCUT2D eigenvalue weighted by Crippen LogP contribution is 2.25. The van der Waals surface area contributed by atoms with E-state index >= 15 is 0 Å². The number of hydrogen-bond donors (Lipinski definition) is 3. The van der Waals surface area contributed by atoms with E-state index in [4.69, 9.17) is 23.2 Å². The smallest absolute Gasteiger partial charge is 0.321 e. The van der Waals surface area contributed by atoms with Crippen LogP contribution in [0.4, 0.5) is 11.4 Å². The number of rotatable bonds is 5. The van der Waals surface area contributed by atoms with E-state index in [1.54, 1.807) is 54.6 Å². The number of hydrogen-bond acceptors (Lipinski definition) is 3. The lowest BCUT2D eigenvalue weighted by Crippen LogP contribution is -2.36. The first-order chi connectivity index (χ1) is 16.7. The number of amides is 3. The van der Waals surface area contributed by atoms with Crippen LogP contribution in [-0.4, -0.2) is 22.4 Å². The molecule has 0 fully saturated rings. The second-order valence-corrected chi connectivity index (χ2v) is 8.78. The van der Waals surface area contributed by atoms with Crippen LogP contribution in [0.5, 0.6) is 0 Å². The number of fused-ring (bicyclic) bond motifs is 1. The summed E-state index contributed by atoms with van der Waals surface area (Å²) >= 11 is 12.3. The zero-order valence-corrected chi connectivity index (χ0v) is 20.5. The Hall–Kier alpha value is -3.81. The monoisotopic (exact) mass is 508 g/mol. The largest absolute Gasteiger partial charge is 0.328 e. The molecule has 3 amide bonds. The predicted molar refractivity (Wildman–Crippen MR) is 140 cm³/mol. The molecule has 0 spiro atoms. The lowest BCUT2D eigenvalue weighted by molar-refractivity contribution is -0.133. The molecule has 0 aliphatic rings. The molecule has 0 unspecified atom stereocenters. The van der Waals surface area contributed by atoms with Gasteiger partial charge < -0.3 is 10.6 Å². The Morgan fingerprint density at radius 3 is 2.23 bits per heavy atom. The maximum absolute atomic E-state index is 13.1. The highest BCUT2D eigenvalue weighted by Gasteiger charge is 2.21. The first-order valence-electron chi connectivity index (χ1n) is 10.8. The van der Waals surface area contributed by atoms with Crippen LogP contribution in [0.1, 0.15) is 28.5 Å². The second-order valence-electron chi connectivity index (χ2n) is 7.93. The highest BCUT2D eigenvalue weighted by molar-refractivity contribution is 6.42. The van der Waals surface area contributed by atoms with Crippen LogP contribution >= 0.6 is 23.2 Å². The van der Waals surface area contributed by atoms with Crippen molar-refractivity contribution in [3.8, 4) is 0 Å². The van der Waals surface area contributed by atoms with Crippen molar-refractivity contribution in [2.45, 2.75) is 20.3 Å². The van der Waals surface area contributed by atoms with Gasteiger partial charge in [-0.05, 0) is 73.0 Å². The van der Waals surface area contributed by atoms with E-state index in [0.29, 0.717) is 32.3 Å². The number of halogens is 2. The third-order valence-electron chi connectivity index (χ3n) is 5.47. The fourth-order valence-electron chi connectivity index (χ4n) is 3.50. The van der Waals surface area contributed by atoms with Gasteiger partial charge in [0, 0.05) is 26.8 Å². The summed E-state index contributed by atoms with van der Waals surface area (Å²) in [6, 6.07) is 18.8. The van der Waals surface area contributed by atoms with E-state index < -0.39 is 17.7 Å². The van der Waals surface area contributed by atoms with Crippen LogP contribution in [0.2, 0.25) is 10.0 Å². The molecule has 0 radical (unpaired) electrons. The van der Waals surface area contributed by atoms with Crippen LogP contribution in [0.25, 0.3) is 10.9 Å². The molecule has 3 N–H and O–H groups in total. The van der Waals surface area contributed by atoms with Crippen molar-refractivity contribution in [1.82, 2.24) is 4.68 Å². The normalized spacial score (nSPS) is 10.7. The molecule has 0 bridgehead atoms. The predicted octanol–water partition coefficient (Wildman–Crippen LogP) is 5.78. The van der Waals surface area contributed by atoms with Crippen molar-refractivity contribution < 1.29 is 14.4 Å². The SMILES string of the molecule is CCc1ccc(NC(=O)C(=O)Nn2c(C(=O)Nc3ccc(C)c(Cl)c3)cc3cc(Cl)ccc32)cc1. The fraction of sp³-hybridized carbons (Fsp3) is 0.115. The van der Waals surface area contributed by atoms with Gasteiger partial charge in [0.25, 0.3) is 5.91 Å². The number of aromatic nitrogens is 1. The van der Waals surface area contributed by atoms with Crippen molar-refractivity contribution in [3.05, 3.63) is 93.6 Å². The standard InChI is InChI=1S/C26H22Cl2N4O3/c1-3-16-5-9-19(10-6-16)29-25(34)26(35)31-32-22-11-7-18(27)12-17(22)13-23(32)24(33)30-20-8-4-15(2)21(28)14-20/h4-14H,3H2,1-2H3,(H,29,34)(H,30,33)(H,31,35). The molecule has 0 saturated heterocycles. The Labute approximate surface area is 212 Å². The van der Waals surface area contributed by atoms with Crippen molar-refractivity contribution >= 4 is 63.2 Å². The minimum Gasteiger partial charge on any atom is -0.321 e. The molecule has 0 atom stereocenters. The molecule has 4 rings (SSSR count). The number of carbonyl (C=O) groups excluding carboxylic acids is 3. The molecule has 9 heteroatoms. The molecule has 1 heterocycles. The summed E-state index contributed by atoms with van der Waals surface area (Å²) in [5.74, 6) is -2.32. The minimum atomic E-state index is -0.940. The molecule has 1 aromatic heterocycles. The van der Waals surface area contributed by atoms with E-state index in [1.165, 1.54) is 4.68 Å². The number of benzene rings is 3.